The van der Waals surface area contributed by atoms with Crippen molar-refractivity contribution in [3.8, 4) is 5.75 Å². The summed E-state index contributed by atoms with van der Waals surface area (Å²) in [5, 5.41) is 11.9. The molecule has 0 aliphatic heterocycles. The van der Waals surface area contributed by atoms with Gasteiger partial charge in [0, 0.05) is 6.54 Å². The fourth-order valence-corrected chi connectivity index (χ4v) is 2.46. The lowest BCUT2D eigenvalue weighted by Gasteiger charge is -2.11. The second-order valence-electron chi connectivity index (χ2n) is 5.53. The Bertz CT molecular complexity index is 740. The van der Waals surface area contributed by atoms with Gasteiger partial charge in [-0.3, -0.25) is 4.79 Å². The number of carbonyl (C=O) groups excluding carboxylic acids is 1. The molecule has 5 nitrogen and oxygen atoms in total. The predicted molar refractivity (Wildman–Crippen MR) is 91.6 cm³/mol. The Morgan fingerprint density at radius 2 is 1.88 bits per heavy atom. The van der Waals surface area contributed by atoms with Gasteiger partial charge in [0.05, 0.1) is 19.1 Å². The van der Waals surface area contributed by atoms with Crippen LogP contribution in [-0.4, -0.2) is 30.6 Å². The number of carboxylic acid groups (broad SMARTS) is 1. The number of aromatic carboxylic acids is 1. The van der Waals surface area contributed by atoms with Gasteiger partial charge in [-0.05, 0) is 42.2 Å². The highest BCUT2D eigenvalue weighted by Crippen LogP contribution is 2.20. The fourth-order valence-electron chi connectivity index (χ4n) is 2.46. The van der Waals surface area contributed by atoms with E-state index in [2.05, 4.69) is 5.32 Å². The van der Waals surface area contributed by atoms with Crippen LogP contribution in [0.3, 0.4) is 0 Å². The lowest BCUT2D eigenvalue weighted by Crippen LogP contribution is -2.27. The van der Waals surface area contributed by atoms with E-state index in [4.69, 9.17) is 9.84 Å². The van der Waals surface area contributed by atoms with E-state index in [-0.39, 0.29) is 11.5 Å². The Kier molecular flexibility index (Phi) is 5.95. The summed E-state index contributed by atoms with van der Waals surface area (Å²) in [6.45, 7) is 2.45. The van der Waals surface area contributed by atoms with Crippen LogP contribution in [0.25, 0.3) is 0 Å². The second-order valence-corrected chi connectivity index (χ2v) is 5.53. The van der Waals surface area contributed by atoms with Crippen LogP contribution in [0.1, 0.15) is 27.0 Å². The molecule has 1 amide bonds. The van der Waals surface area contributed by atoms with Gasteiger partial charge in [0.1, 0.15) is 5.75 Å². The van der Waals surface area contributed by atoms with Crippen LogP contribution in [0.15, 0.2) is 42.5 Å². The molecule has 2 rings (SSSR count). The fraction of sp³-hybridized carbons (Fsp3) is 0.263. The number of amides is 1. The van der Waals surface area contributed by atoms with Crippen LogP contribution < -0.4 is 10.1 Å². The quantitative estimate of drug-likeness (QED) is 0.819. The number of hydrogen-bond donors (Lipinski definition) is 2. The lowest BCUT2D eigenvalue weighted by molar-refractivity contribution is -0.120. The van der Waals surface area contributed by atoms with Crippen molar-refractivity contribution in [1.82, 2.24) is 5.32 Å². The third kappa shape index (κ3) is 4.59. The molecule has 0 aromatic heterocycles. The summed E-state index contributed by atoms with van der Waals surface area (Å²) < 4.78 is 5.23. The van der Waals surface area contributed by atoms with E-state index in [0.29, 0.717) is 25.1 Å². The zero-order valence-corrected chi connectivity index (χ0v) is 13.8. The number of rotatable bonds is 7. The Balaban J connectivity index is 1.91. The Morgan fingerprint density at radius 3 is 2.54 bits per heavy atom. The molecular weight excluding hydrogens is 306 g/mol. The number of carboxylic acids is 1. The van der Waals surface area contributed by atoms with Crippen LogP contribution in [0.4, 0.5) is 0 Å². The van der Waals surface area contributed by atoms with Crippen LogP contribution in [0.2, 0.25) is 0 Å². The highest BCUT2D eigenvalue weighted by Gasteiger charge is 2.10. The number of methoxy groups -OCH3 is 1. The first kappa shape index (κ1) is 17.5. The monoisotopic (exact) mass is 327 g/mol. The molecule has 126 valence electrons. The van der Waals surface area contributed by atoms with Gasteiger partial charge in [-0.25, -0.2) is 4.79 Å². The SMILES string of the molecule is COc1cc(C(=O)O)ccc1CCNC(=O)Cc1ccccc1C. The van der Waals surface area contributed by atoms with E-state index in [9.17, 15) is 9.59 Å². The standard InChI is InChI=1S/C19H21NO4/c1-13-5-3-4-6-15(13)12-18(21)20-10-9-14-7-8-16(19(22)23)11-17(14)24-2/h3-8,11H,9-10,12H2,1-2H3,(H,20,21)(H,22,23). The zero-order chi connectivity index (χ0) is 17.5. The maximum absolute atomic E-state index is 12.0. The second kappa shape index (κ2) is 8.15. The van der Waals surface area contributed by atoms with Crippen molar-refractivity contribution in [2.24, 2.45) is 0 Å². The summed E-state index contributed by atoms with van der Waals surface area (Å²) in [6, 6.07) is 12.5. The summed E-state index contributed by atoms with van der Waals surface area (Å²) >= 11 is 0. The summed E-state index contributed by atoms with van der Waals surface area (Å²) in [7, 11) is 1.50. The average molecular weight is 327 g/mol. The van der Waals surface area contributed by atoms with Gasteiger partial charge in [0.2, 0.25) is 5.91 Å². The van der Waals surface area contributed by atoms with Gasteiger partial charge in [-0.1, -0.05) is 30.3 Å². The first-order valence-electron chi connectivity index (χ1n) is 7.72. The van der Waals surface area contributed by atoms with Crippen molar-refractivity contribution >= 4 is 11.9 Å². The largest absolute Gasteiger partial charge is 0.496 e. The van der Waals surface area contributed by atoms with Crippen molar-refractivity contribution in [3.05, 3.63) is 64.7 Å². The molecule has 24 heavy (non-hydrogen) atoms. The number of hydrogen-bond acceptors (Lipinski definition) is 3. The Hall–Kier alpha value is -2.82. The Morgan fingerprint density at radius 1 is 1.12 bits per heavy atom. The molecule has 0 aliphatic carbocycles. The number of ether oxygens (including phenoxy) is 1. The van der Waals surface area contributed by atoms with Gasteiger partial charge in [-0.15, -0.1) is 0 Å². The predicted octanol–water partition coefficient (Wildman–Crippen LogP) is 2.60. The number of aryl methyl sites for hydroxylation is 1. The minimum Gasteiger partial charge on any atom is -0.496 e. The van der Waals surface area contributed by atoms with Crippen molar-refractivity contribution in [1.29, 1.82) is 0 Å². The third-order valence-electron chi connectivity index (χ3n) is 3.86. The highest BCUT2D eigenvalue weighted by molar-refractivity contribution is 5.88. The van der Waals surface area contributed by atoms with E-state index < -0.39 is 5.97 Å². The molecule has 0 aliphatic rings. The van der Waals surface area contributed by atoms with Gasteiger partial charge >= 0.3 is 5.97 Å². The molecule has 0 bridgehead atoms. The molecule has 0 unspecified atom stereocenters. The van der Waals surface area contributed by atoms with Gasteiger partial charge in [0.25, 0.3) is 0 Å². The summed E-state index contributed by atoms with van der Waals surface area (Å²) in [6.07, 6.45) is 0.921. The lowest BCUT2D eigenvalue weighted by atomic mass is 10.1. The molecule has 0 spiro atoms. The molecule has 2 N–H and O–H groups in total. The van der Waals surface area contributed by atoms with E-state index >= 15 is 0 Å². The topological polar surface area (TPSA) is 75.6 Å². The van der Waals surface area contributed by atoms with E-state index in [1.54, 1.807) is 6.07 Å². The molecule has 0 fully saturated rings. The maximum atomic E-state index is 12.0. The molecule has 2 aromatic rings. The van der Waals surface area contributed by atoms with Crippen LogP contribution in [0, 0.1) is 6.92 Å². The summed E-state index contributed by atoms with van der Waals surface area (Å²) in [5.41, 5.74) is 3.15. The van der Waals surface area contributed by atoms with Crippen molar-refractivity contribution in [3.63, 3.8) is 0 Å². The number of benzene rings is 2. The van der Waals surface area contributed by atoms with E-state index in [1.165, 1.54) is 19.2 Å². The summed E-state index contributed by atoms with van der Waals surface area (Å²) in [4.78, 5) is 23.0. The van der Waals surface area contributed by atoms with Gasteiger partial charge < -0.3 is 15.2 Å². The molecule has 0 radical (unpaired) electrons. The Labute approximate surface area is 141 Å². The third-order valence-corrected chi connectivity index (χ3v) is 3.86. The van der Waals surface area contributed by atoms with E-state index in [1.807, 2.05) is 31.2 Å². The zero-order valence-electron chi connectivity index (χ0n) is 13.8. The molecule has 2 aromatic carbocycles. The van der Waals surface area contributed by atoms with Crippen molar-refractivity contribution < 1.29 is 19.4 Å². The molecule has 0 atom stereocenters. The van der Waals surface area contributed by atoms with Crippen LogP contribution in [-0.2, 0) is 17.6 Å². The van der Waals surface area contributed by atoms with Crippen LogP contribution >= 0.6 is 0 Å². The molecular formula is C19H21NO4. The maximum Gasteiger partial charge on any atom is 0.335 e. The first-order valence-corrected chi connectivity index (χ1v) is 7.72. The van der Waals surface area contributed by atoms with Crippen LogP contribution in [0.5, 0.6) is 5.75 Å². The molecule has 0 heterocycles. The summed E-state index contributed by atoms with van der Waals surface area (Å²) in [5.74, 6) is -0.514. The highest BCUT2D eigenvalue weighted by atomic mass is 16.5. The van der Waals surface area contributed by atoms with E-state index in [0.717, 1.165) is 16.7 Å². The molecule has 0 saturated heterocycles. The number of carbonyl (C=O) groups is 2. The van der Waals surface area contributed by atoms with Crippen molar-refractivity contribution in [2.75, 3.05) is 13.7 Å². The minimum atomic E-state index is -0.994. The normalized spacial score (nSPS) is 10.2. The van der Waals surface area contributed by atoms with Gasteiger partial charge in [-0.2, -0.15) is 0 Å². The number of nitrogens with one attached hydrogen (secondary N) is 1. The first-order chi connectivity index (χ1) is 11.5. The minimum absolute atomic E-state index is 0.0366. The molecule has 5 heteroatoms. The molecule has 0 saturated carbocycles. The van der Waals surface area contributed by atoms with Gasteiger partial charge in [0.15, 0.2) is 0 Å². The average Bonchev–Trinajstić information content (AvgIpc) is 2.57. The van der Waals surface area contributed by atoms with Crippen molar-refractivity contribution in [2.45, 2.75) is 19.8 Å². The smallest absolute Gasteiger partial charge is 0.335 e.